The van der Waals surface area contributed by atoms with Crippen LogP contribution in [0, 0.1) is 0 Å². The molecule has 3 N–H and O–H groups in total. The van der Waals surface area contributed by atoms with Crippen molar-refractivity contribution in [1.29, 1.82) is 0 Å². The number of hydrogen-bond donors (Lipinski definition) is 2. The lowest BCUT2D eigenvalue weighted by Crippen LogP contribution is -2.53. The van der Waals surface area contributed by atoms with Crippen molar-refractivity contribution in [1.82, 2.24) is 4.90 Å². The second-order valence-electron chi connectivity index (χ2n) is 7.14. The number of sulfonamides is 1. The molecule has 1 atom stereocenters. The first kappa shape index (κ1) is 21.4. The third kappa shape index (κ3) is 5.85. The van der Waals surface area contributed by atoms with Crippen molar-refractivity contribution >= 4 is 38.9 Å². The minimum atomic E-state index is -3.37. The number of hydrogen-bond acceptors (Lipinski definition) is 5. The SMILES string of the molecule is CS(=O)(=O)Nc1ccccc1N1CCN(C(=O)C(N)Cc2ccc(Cl)cc2)CC1. The third-order valence-corrected chi connectivity index (χ3v) is 5.66. The van der Waals surface area contributed by atoms with Crippen LogP contribution in [-0.2, 0) is 21.2 Å². The number of nitrogens with one attached hydrogen (secondary N) is 1. The first-order valence-electron chi connectivity index (χ1n) is 9.33. The maximum absolute atomic E-state index is 12.7. The minimum absolute atomic E-state index is 0.0813. The van der Waals surface area contributed by atoms with Crippen molar-refractivity contribution < 1.29 is 13.2 Å². The Kier molecular flexibility index (Phi) is 6.66. The highest BCUT2D eigenvalue weighted by atomic mass is 35.5. The molecule has 0 saturated carbocycles. The molecule has 29 heavy (non-hydrogen) atoms. The van der Waals surface area contributed by atoms with Gasteiger partial charge in [-0.2, -0.15) is 0 Å². The molecular weight excluding hydrogens is 412 g/mol. The highest BCUT2D eigenvalue weighted by Gasteiger charge is 2.26. The zero-order valence-electron chi connectivity index (χ0n) is 16.2. The highest BCUT2D eigenvalue weighted by Crippen LogP contribution is 2.27. The molecule has 2 aromatic carbocycles. The number of rotatable bonds is 6. The Morgan fingerprint density at radius 1 is 1.10 bits per heavy atom. The second kappa shape index (κ2) is 9.02. The summed E-state index contributed by atoms with van der Waals surface area (Å²) in [5.41, 5.74) is 8.45. The van der Waals surface area contributed by atoms with Crippen molar-refractivity contribution in [2.45, 2.75) is 12.5 Å². The van der Waals surface area contributed by atoms with E-state index in [0.717, 1.165) is 17.5 Å². The van der Waals surface area contributed by atoms with Gasteiger partial charge >= 0.3 is 0 Å². The van der Waals surface area contributed by atoms with E-state index in [1.54, 1.807) is 29.2 Å². The molecule has 1 aliphatic heterocycles. The molecule has 1 heterocycles. The van der Waals surface area contributed by atoms with Gasteiger partial charge in [-0.3, -0.25) is 9.52 Å². The monoisotopic (exact) mass is 436 g/mol. The number of halogens is 1. The Balaban J connectivity index is 1.60. The smallest absolute Gasteiger partial charge is 0.239 e. The molecule has 1 amide bonds. The van der Waals surface area contributed by atoms with Gasteiger partial charge in [0.1, 0.15) is 0 Å². The van der Waals surface area contributed by atoms with E-state index in [4.69, 9.17) is 17.3 Å². The fourth-order valence-corrected chi connectivity index (χ4v) is 4.10. The Morgan fingerprint density at radius 2 is 1.72 bits per heavy atom. The predicted octanol–water partition coefficient (Wildman–Crippen LogP) is 1.93. The number of nitrogens with zero attached hydrogens (tertiary/aromatic N) is 2. The summed E-state index contributed by atoms with van der Waals surface area (Å²) in [5.74, 6) is -0.0813. The molecule has 1 aliphatic rings. The van der Waals surface area contributed by atoms with E-state index in [1.165, 1.54) is 0 Å². The van der Waals surface area contributed by atoms with Crippen LogP contribution in [0.2, 0.25) is 5.02 Å². The molecule has 156 valence electrons. The quantitative estimate of drug-likeness (QED) is 0.721. The number of nitrogens with two attached hydrogens (primary N) is 1. The van der Waals surface area contributed by atoms with Crippen LogP contribution in [0.5, 0.6) is 0 Å². The molecular formula is C20H25ClN4O3S. The first-order chi connectivity index (χ1) is 13.7. The van der Waals surface area contributed by atoms with E-state index in [0.29, 0.717) is 43.3 Å². The van der Waals surface area contributed by atoms with Crippen molar-refractivity contribution in [3.8, 4) is 0 Å². The second-order valence-corrected chi connectivity index (χ2v) is 9.33. The molecule has 0 bridgehead atoms. The number of amides is 1. The maximum atomic E-state index is 12.7. The molecule has 1 fully saturated rings. The van der Waals surface area contributed by atoms with Gasteiger partial charge in [-0.1, -0.05) is 35.9 Å². The molecule has 9 heteroatoms. The van der Waals surface area contributed by atoms with Gasteiger partial charge < -0.3 is 15.5 Å². The zero-order valence-corrected chi connectivity index (χ0v) is 17.8. The third-order valence-electron chi connectivity index (χ3n) is 4.82. The maximum Gasteiger partial charge on any atom is 0.239 e. The highest BCUT2D eigenvalue weighted by molar-refractivity contribution is 7.92. The first-order valence-corrected chi connectivity index (χ1v) is 11.6. The van der Waals surface area contributed by atoms with Gasteiger partial charge in [-0.05, 0) is 36.2 Å². The summed E-state index contributed by atoms with van der Waals surface area (Å²) in [6.07, 6.45) is 1.58. The normalized spacial score (nSPS) is 15.8. The van der Waals surface area contributed by atoms with Crippen LogP contribution in [0.25, 0.3) is 0 Å². The minimum Gasteiger partial charge on any atom is -0.366 e. The van der Waals surface area contributed by atoms with E-state index in [-0.39, 0.29) is 5.91 Å². The lowest BCUT2D eigenvalue weighted by atomic mass is 10.1. The predicted molar refractivity (Wildman–Crippen MR) is 117 cm³/mol. The molecule has 0 aliphatic carbocycles. The van der Waals surface area contributed by atoms with Gasteiger partial charge in [0.25, 0.3) is 0 Å². The van der Waals surface area contributed by atoms with E-state index >= 15 is 0 Å². The van der Waals surface area contributed by atoms with Gasteiger partial charge in [0.2, 0.25) is 15.9 Å². The van der Waals surface area contributed by atoms with Crippen LogP contribution in [0.15, 0.2) is 48.5 Å². The summed E-state index contributed by atoms with van der Waals surface area (Å²) < 4.78 is 25.8. The van der Waals surface area contributed by atoms with Crippen molar-refractivity contribution in [2.75, 3.05) is 42.1 Å². The number of para-hydroxylation sites is 2. The number of carbonyl (C=O) groups is 1. The number of benzene rings is 2. The van der Waals surface area contributed by atoms with Crippen LogP contribution < -0.4 is 15.4 Å². The molecule has 1 saturated heterocycles. The van der Waals surface area contributed by atoms with Gasteiger partial charge in [-0.25, -0.2) is 8.42 Å². The Labute approximate surface area is 176 Å². The van der Waals surface area contributed by atoms with E-state index < -0.39 is 16.1 Å². The molecule has 0 spiro atoms. The number of piperazine rings is 1. The molecule has 0 aromatic heterocycles. The van der Waals surface area contributed by atoms with Gasteiger partial charge in [0.15, 0.2) is 0 Å². The Hall–Kier alpha value is -2.29. The van der Waals surface area contributed by atoms with Crippen LogP contribution >= 0.6 is 11.6 Å². The van der Waals surface area contributed by atoms with Gasteiger partial charge in [0.05, 0.1) is 23.7 Å². The van der Waals surface area contributed by atoms with Gasteiger partial charge in [-0.15, -0.1) is 0 Å². The summed E-state index contributed by atoms with van der Waals surface area (Å²) in [7, 11) is -3.37. The number of carbonyl (C=O) groups excluding carboxylic acids is 1. The lowest BCUT2D eigenvalue weighted by Gasteiger charge is -2.37. The molecule has 7 nitrogen and oxygen atoms in total. The van der Waals surface area contributed by atoms with E-state index in [2.05, 4.69) is 9.62 Å². The zero-order chi connectivity index (χ0) is 21.0. The van der Waals surface area contributed by atoms with Crippen LogP contribution in [0.4, 0.5) is 11.4 Å². The van der Waals surface area contributed by atoms with Crippen molar-refractivity contribution in [2.24, 2.45) is 5.73 Å². The number of anilines is 2. The van der Waals surface area contributed by atoms with E-state index in [9.17, 15) is 13.2 Å². The summed E-state index contributed by atoms with van der Waals surface area (Å²) in [4.78, 5) is 16.6. The standard InChI is InChI=1S/C20H25ClN4O3S/c1-29(27,28)23-18-4-2-3-5-19(18)24-10-12-25(13-11-24)20(26)17(22)14-15-6-8-16(21)9-7-15/h2-9,17,23H,10-14,22H2,1H3. The Bertz CT molecular complexity index is 958. The summed E-state index contributed by atoms with van der Waals surface area (Å²) in [6.45, 7) is 2.25. The lowest BCUT2D eigenvalue weighted by molar-refractivity contribution is -0.132. The van der Waals surface area contributed by atoms with E-state index in [1.807, 2.05) is 24.3 Å². The van der Waals surface area contributed by atoms with Crippen molar-refractivity contribution in [3.63, 3.8) is 0 Å². The molecule has 1 unspecified atom stereocenters. The summed E-state index contributed by atoms with van der Waals surface area (Å²) >= 11 is 5.89. The Morgan fingerprint density at radius 3 is 2.34 bits per heavy atom. The van der Waals surface area contributed by atoms with Crippen LogP contribution in [0.3, 0.4) is 0 Å². The molecule has 2 aromatic rings. The van der Waals surface area contributed by atoms with Gasteiger partial charge in [0, 0.05) is 31.2 Å². The average Bonchev–Trinajstić information content (AvgIpc) is 2.68. The van der Waals surface area contributed by atoms with Crippen molar-refractivity contribution in [3.05, 3.63) is 59.1 Å². The average molecular weight is 437 g/mol. The fourth-order valence-electron chi connectivity index (χ4n) is 3.40. The largest absolute Gasteiger partial charge is 0.366 e. The summed E-state index contributed by atoms with van der Waals surface area (Å²) in [5, 5.41) is 0.649. The molecule has 0 radical (unpaired) electrons. The molecule has 3 rings (SSSR count). The summed E-state index contributed by atoms with van der Waals surface area (Å²) in [6, 6.07) is 14.0. The topological polar surface area (TPSA) is 95.7 Å². The van der Waals surface area contributed by atoms with Crippen LogP contribution in [0.1, 0.15) is 5.56 Å². The fraction of sp³-hybridized carbons (Fsp3) is 0.350. The van der Waals surface area contributed by atoms with Crippen LogP contribution in [-0.4, -0.2) is 57.7 Å².